The Kier molecular flexibility index (Phi) is 6.80. The highest BCUT2D eigenvalue weighted by Crippen LogP contribution is 2.19. The average molecular weight is 450 g/mol. The molecule has 0 unspecified atom stereocenters. The minimum Gasteiger partial charge on any atom is -0.368 e. The van der Waals surface area contributed by atoms with E-state index in [0.29, 0.717) is 36.8 Å². The number of sulfonamides is 1. The molecule has 1 aliphatic rings. The molecule has 9 heteroatoms. The van der Waals surface area contributed by atoms with Crippen LogP contribution in [0.2, 0.25) is 5.02 Å². The summed E-state index contributed by atoms with van der Waals surface area (Å²) >= 11 is 5.82. The molecule has 0 N–H and O–H groups in total. The summed E-state index contributed by atoms with van der Waals surface area (Å²) in [6, 6.07) is 13.3. The Hall–Kier alpha value is -2.42. The minimum absolute atomic E-state index is 0.0228. The van der Waals surface area contributed by atoms with Gasteiger partial charge in [0.1, 0.15) is 0 Å². The number of benzene rings is 2. The first kappa shape index (κ1) is 22.3. The highest BCUT2D eigenvalue weighted by molar-refractivity contribution is 7.89. The number of Topliss-reactive ketones (excluding diaryl/α,β-unsaturated/α-hetero) is 1. The van der Waals surface area contributed by atoms with E-state index < -0.39 is 10.0 Å². The SMILES string of the molecule is CC(=O)c1ccc(N2CCN(C(=O)CN(C)S(=O)(=O)c3ccc(Cl)cc3)CC2)cc1. The predicted octanol–water partition coefficient (Wildman–Crippen LogP) is 2.51. The van der Waals surface area contributed by atoms with Gasteiger partial charge in [0.2, 0.25) is 15.9 Å². The van der Waals surface area contributed by atoms with Gasteiger partial charge in [0.05, 0.1) is 11.4 Å². The van der Waals surface area contributed by atoms with Gasteiger partial charge in [-0.05, 0) is 55.5 Å². The van der Waals surface area contributed by atoms with E-state index in [1.54, 1.807) is 17.0 Å². The second-order valence-electron chi connectivity index (χ2n) is 7.19. The van der Waals surface area contributed by atoms with Crippen LogP contribution in [0, 0.1) is 0 Å². The second kappa shape index (κ2) is 9.16. The maximum absolute atomic E-state index is 12.7. The smallest absolute Gasteiger partial charge is 0.243 e. The molecule has 0 saturated carbocycles. The van der Waals surface area contributed by atoms with Gasteiger partial charge in [-0.15, -0.1) is 0 Å². The van der Waals surface area contributed by atoms with Gasteiger partial charge >= 0.3 is 0 Å². The largest absolute Gasteiger partial charge is 0.368 e. The van der Waals surface area contributed by atoms with Crippen LogP contribution >= 0.6 is 11.6 Å². The number of amides is 1. The van der Waals surface area contributed by atoms with Gasteiger partial charge in [0, 0.05) is 49.5 Å². The number of anilines is 1. The molecule has 30 heavy (non-hydrogen) atoms. The van der Waals surface area contributed by atoms with E-state index in [-0.39, 0.29) is 23.1 Å². The molecule has 0 aliphatic carbocycles. The zero-order chi connectivity index (χ0) is 21.9. The predicted molar refractivity (Wildman–Crippen MR) is 117 cm³/mol. The van der Waals surface area contributed by atoms with E-state index >= 15 is 0 Å². The van der Waals surface area contributed by atoms with Crippen molar-refractivity contribution in [2.75, 3.05) is 44.7 Å². The third kappa shape index (κ3) is 5.00. The van der Waals surface area contributed by atoms with Gasteiger partial charge in [-0.25, -0.2) is 8.42 Å². The summed E-state index contributed by atoms with van der Waals surface area (Å²) in [6.07, 6.45) is 0. The Labute approximate surface area is 181 Å². The minimum atomic E-state index is -3.77. The fourth-order valence-electron chi connectivity index (χ4n) is 3.28. The summed E-state index contributed by atoms with van der Waals surface area (Å²) in [5.41, 5.74) is 1.66. The molecule has 1 saturated heterocycles. The fourth-order valence-corrected chi connectivity index (χ4v) is 4.53. The third-order valence-corrected chi connectivity index (χ3v) is 7.22. The summed E-state index contributed by atoms with van der Waals surface area (Å²) in [6.45, 7) is 3.59. The molecule has 160 valence electrons. The van der Waals surface area contributed by atoms with Gasteiger partial charge in [-0.2, -0.15) is 4.31 Å². The lowest BCUT2D eigenvalue weighted by Crippen LogP contribution is -2.51. The van der Waals surface area contributed by atoms with Crippen molar-refractivity contribution >= 4 is 39.0 Å². The van der Waals surface area contributed by atoms with E-state index in [4.69, 9.17) is 11.6 Å². The lowest BCUT2D eigenvalue weighted by atomic mass is 10.1. The van der Waals surface area contributed by atoms with Crippen LogP contribution in [0.25, 0.3) is 0 Å². The highest BCUT2D eigenvalue weighted by Gasteiger charge is 2.27. The van der Waals surface area contributed by atoms with Crippen LogP contribution in [-0.4, -0.2) is 69.1 Å². The van der Waals surface area contributed by atoms with E-state index in [0.717, 1.165) is 9.99 Å². The summed E-state index contributed by atoms with van der Waals surface area (Å²) < 4.78 is 26.4. The molecule has 7 nitrogen and oxygen atoms in total. The highest BCUT2D eigenvalue weighted by atomic mass is 35.5. The molecule has 2 aromatic rings. The summed E-state index contributed by atoms with van der Waals surface area (Å²) in [7, 11) is -2.37. The first-order valence-electron chi connectivity index (χ1n) is 9.54. The van der Waals surface area contributed by atoms with Gasteiger partial charge in [-0.3, -0.25) is 9.59 Å². The number of carbonyl (C=O) groups is 2. The quantitative estimate of drug-likeness (QED) is 0.633. The number of carbonyl (C=O) groups excluding carboxylic acids is 2. The van der Waals surface area contributed by atoms with Crippen molar-refractivity contribution < 1.29 is 18.0 Å². The number of rotatable bonds is 6. The third-order valence-electron chi connectivity index (χ3n) is 5.15. The van der Waals surface area contributed by atoms with Crippen LogP contribution < -0.4 is 4.90 Å². The number of likely N-dealkylation sites (N-methyl/N-ethyl adjacent to an activating group) is 1. The molecule has 1 fully saturated rings. The van der Waals surface area contributed by atoms with E-state index in [9.17, 15) is 18.0 Å². The zero-order valence-electron chi connectivity index (χ0n) is 16.9. The monoisotopic (exact) mass is 449 g/mol. The number of piperazine rings is 1. The molecular weight excluding hydrogens is 426 g/mol. The average Bonchev–Trinajstić information content (AvgIpc) is 2.74. The Morgan fingerprint density at radius 3 is 2.07 bits per heavy atom. The summed E-state index contributed by atoms with van der Waals surface area (Å²) in [5.74, 6) is -0.212. The number of halogens is 1. The van der Waals surface area contributed by atoms with Gasteiger partial charge < -0.3 is 9.80 Å². The fraction of sp³-hybridized carbons (Fsp3) is 0.333. The Balaban J connectivity index is 1.57. The normalized spacial score (nSPS) is 14.8. The zero-order valence-corrected chi connectivity index (χ0v) is 18.5. The van der Waals surface area contributed by atoms with Gasteiger partial charge in [-0.1, -0.05) is 11.6 Å². The molecule has 2 aromatic carbocycles. The van der Waals surface area contributed by atoms with Crippen molar-refractivity contribution in [3.63, 3.8) is 0 Å². The topological polar surface area (TPSA) is 78.0 Å². The molecule has 1 heterocycles. The lowest BCUT2D eigenvalue weighted by molar-refractivity contribution is -0.131. The van der Waals surface area contributed by atoms with Crippen molar-refractivity contribution in [1.29, 1.82) is 0 Å². The molecule has 3 rings (SSSR count). The summed E-state index contributed by atoms with van der Waals surface area (Å²) in [4.78, 5) is 28.0. The molecule has 0 radical (unpaired) electrons. The molecule has 1 aliphatic heterocycles. The van der Waals surface area contributed by atoms with Crippen LogP contribution in [0.5, 0.6) is 0 Å². The Bertz CT molecular complexity index is 1020. The molecule has 0 bridgehead atoms. The van der Waals surface area contributed by atoms with Crippen molar-refractivity contribution in [1.82, 2.24) is 9.21 Å². The first-order chi connectivity index (χ1) is 14.2. The van der Waals surface area contributed by atoms with Crippen LogP contribution in [0.4, 0.5) is 5.69 Å². The molecule has 0 spiro atoms. The number of nitrogens with zero attached hydrogens (tertiary/aromatic N) is 3. The van der Waals surface area contributed by atoms with Crippen LogP contribution in [0.15, 0.2) is 53.4 Å². The maximum Gasteiger partial charge on any atom is 0.243 e. The van der Waals surface area contributed by atoms with Gasteiger partial charge in [0.25, 0.3) is 0 Å². The Morgan fingerprint density at radius 2 is 1.53 bits per heavy atom. The molecule has 0 atom stereocenters. The lowest BCUT2D eigenvalue weighted by Gasteiger charge is -2.36. The van der Waals surface area contributed by atoms with Crippen LogP contribution in [0.3, 0.4) is 0 Å². The number of ketones is 1. The van der Waals surface area contributed by atoms with Crippen molar-refractivity contribution in [2.45, 2.75) is 11.8 Å². The molecular formula is C21H24ClN3O4S. The number of hydrogen-bond acceptors (Lipinski definition) is 5. The Morgan fingerprint density at radius 1 is 0.967 bits per heavy atom. The van der Waals surface area contributed by atoms with Crippen LogP contribution in [0.1, 0.15) is 17.3 Å². The molecule has 1 amide bonds. The molecule has 0 aromatic heterocycles. The van der Waals surface area contributed by atoms with E-state index in [1.165, 1.54) is 38.2 Å². The summed E-state index contributed by atoms with van der Waals surface area (Å²) in [5, 5.41) is 0.446. The first-order valence-corrected chi connectivity index (χ1v) is 11.4. The van der Waals surface area contributed by atoms with Crippen molar-refractivity contribution in [3.05, 3.63) is 59.1 Å². The van der Waals surface area contributed by atoms with Crippen LogP contribution in [-0.2, 0) is 14.8 Å². The second-order valence-corrected chi connectivity index (χ2v) is 9.67. The standard InChI is InChI=1S/C21H24ClN3O4S/c1-16(26)17-3-7-19(8-4-17)24-11-13-25(14-12-24)21(27)15-23(2)30(28,29)20-9-5-18(22)6-10-20/h3-10H,11-15H2,1-2H3. The van der Waals surface area contributed by atoms with E-state index in [2.05, 4.69) is 4.90 Å². The van der Waals surface area contributed by atoms with Crippen molar-refractivity contribution in [3.8, 4) is 0 Å². The number of hydrogen-bond donors (Lipinski definition) is 0. The van der Waals surface area contributed by atoms with Crippen molar-refractivity contribution in [2.24, 2.45) is 0 Å². The maximum atomic E-state index is 12.7. The van der Waals surface area contributed by atoms with Gasteiger partial charge in [0.15, 0.2) is 5.78 Å². The van der Waals surface area contributed by atoms with E-state index in [1.807, 2.05) is 12.1 Å².